The second kappa shape index (κ2) is 4.61. The van der Waals surface area contributed by atoms with E-state index >= 15 is 0 Å². The Bertz CT molecular complexity index is 281. The number of alkyl halides is 3. The molecule has 1 aromatic carbocycles. The van der Waals surface area contributed by atoms with Gasteiger partial charge in [0.25, 0.3) is 0 Å². The van der Waals surface area contributed by atoms with Crippen LogP contribution in [0.3, 0.4) is 0 Å². The molecular weight excluding hydrogens is 240 g/mol. The number of anilines is 1. The molecule has 1 atom stereocenters. The number of benzene rings is 1. The molecule has 4 heteroatoms. The molecule has 0 fully saturated rings. The standard InChI is InChI=1S/C10H12Cl3N/c1-8(10(11,12)13)14(2)9-6-4-3-5-7-9/h3-8H,1-2H3. The second-order valence-electron chi connectivity index (χ2n) is 3.16. The maximum absolute atomic E-state index is 5.82. The highest BCUT2D eigenvalue weighted by Crippen LogP contribution is 2.34. The Morgan fingerprint density at radius 1 is 1.14 bits per heavy atom. The number of halogens is 3. The fraction of sp³-hybridized carbons (Fsp3) is 0.400. The highest BCUT2D eigenvalue weighted by molar-refractivity contribution is 6.68. The summed E-state index contributed by atoms with van der Waals surface area (Å²) in [5, 5.41) is 0. The fourth-order valence-corrected chi connectivity index (χ4v) is 1.55. The third-order valence-corrected chi connectivity index (χ3v) is 3.17. The van der Waals surface area contributed by atoms with Gasteiger partial charge in [-0.15, -0.1) is 0 Å². The largest absolute Gasteiger partial charge is 0.368 e. The van der Waals surface area contributed by atoms with Gasteiger partial charge < -0.3 is 4.90 Å². The van der Waals surface area contributed by atoms with Crippen LogP contribution in [0.25, 0.3) is 0 Å². The van der Waals surface area contributed by atoms with Crippen LogP contribution in [0, 0.1) is 0 Å². The predicted octanol–water partition coefficient (Wildman–Crippen LogP) is 3.88. The summed E-state index contributed by atoms with van der Waals surface area (Å²) in [6.45, 7) is 1.88. The zero-order chi connectivity index (χ0) is 10.8. The first kappa shape index (κ1) is 12.0. The molecule has 1 rings (SSSR count). The van der Waals surface area contributed by atoms with E-state index in [2.05, 4.69) is 0 Å². The lowest BCUT2D eigenvalue weighted by Gasteiger charge is -2.31. The Hall–Kier alpha value is -0.110. The van der Waals surface area contributed by atoms with Gasteiger partial charge in [-0.25, -0.2) is 0 Å². The van der Waals surface area contributed by atoms with Gasteiger partial charge in [-0.05, 0) is 19.1 Å². The lowest BCUT2D eigenvalue weighted by atomic mass is 10.2. The number of rotatable bonds is 2. The zero-order valence-corrected chi connectivity index (χ0v) is 10.3. The van der Waals surface area contributed by atoms with Crippen LogP contribution >= 0.6 is 34.8 Å². The molecule has 78 valence electrons. The fourth-order valence-electron chi connectivity index (χ4n) is 1.11. The van der Waals surface area contributed by atoms with Crippen LogP contribution in [0.5, 0.6) is 0 Å². The molecule has 0 N–H and O–H groups in total. The summed E-state index contributed by atoms with van der Waals surface area (Å²) in [7, 11) is 1.90. The molecule has 1 aromatic rings. The molecule has 0 aliphatic carbocycles. The molecule has 14 heavy (non-hydrogen) atoms. The first-order valence-electron chi connectivity index (χ1n) is 4.27. The summed E-state index contributed by atoms with van der Waals surface area (Å²) in [5.74, 6) is 0. The van der Waals surface area contributed by atoms with Crippen molar-refractivity contribution in [2.24, 2.45) is 0 Å². The number of nitrogens with zero attached hydrogens (tertiary/aromatic N) is 1. The Balaban J connectivity index is 2.81. The Kier molecular flexibility index (Phi) is 3.94. The van der Waals surface area contributed by atoms with Crippen LogP contribution in [-0.2, 0) is 0 Å². The van der Waals surface area contributed by atoms with Crippen molar-refractivity contribution in [3.8, 4) is 0 Å². The highest BCUT2D eigenvalue weighted by atomic mass is 35.6. The van der Waals surface area contributed by atoms with Gasteiger partial charge in [0.2, 0.25) is 3.79 Å². The Morgan fingerprint density at radius 2 is 1.64 bits per heavy atom. The summed E-state index contributed by atoms with van der Waals surface area (Å²) in [6.07, 6.45) is 0. The van der Waals surface area contributed by atoms with Crippen molar-refractivity contribution in [2.45, 2.75) is 16.8 Å². The summed E-state index contributed by atoms with van der Waals surface area (Å²) < 4.78 is -1.27. The molecule has 0 aromatic heterocycles. The topological polar surface area (TPSA) is 3.24 Å². The Labute approximate surface area is 99.6 Å². The third kappa shape index (κ3) is 2.94. The van der Waals surface area contributed by atoms with Crippen molar-refractivity contribution >= 4 is 40.5 Å². The molecule has 0 spiro atoms. The molecule has 1 unspecified atom stereocenters. The van der Waals surface area contributed by atoms with E-state index in [9.17, 15) is 0 Å². The predicted molar refractivity (Wildman–Crippen MR) is 64.6 cm³/mol. The number of hydrogen-bond acceptors (Lipinski definition) is 1. The van der Waals surface area contributed by atoms with Crippen LogP contribution in [0.2, 0.25) is 0 Å². The molecule has 0 heterocycles. The first-order valence-corrected chi connectivity index (χ1v) is 5.41. The van der Waals surface area contributed by atoms with Crippen LogP contribution in [0.15, 0.2) is 30.3 Å². The molecule has 0 amide bonds. The molecule has 1 nitrogen and oxygen atoms in total. The average molecular weight is 253 g/mol. The van der Waals surface area contributed by atoms with Gasteiger partial charge in [0, 0.05) is 12.7 Å². The van der Waals surface area contributed by atoms with Gasteiger partial charge in [-0.1, -0.05) is 53.0 Å². The normalized spacial score (nSPS) is 13.8. The molecule has 0 aliphatic heterocycles. The van der Waals surface area contributed by atoms with E-state index in [4.69, 9.17) is 34.8 Å². The monoisotopic (exact) mass is 251 g/mol. The zero-order valence-electron chi connectivity index (χ0n) is 8.05. The van der Waals surface area contributed by atoms with E-state index in [-0.39, 0.29) is 6.04 Å². The van der Waals surface area contributed by atoms with Crippen molar-refractivity contribution in [1.29, 1.82) is 0 Å². The maximum Gasteiger partial charge on any atom is 0.210 e. The lowest BCUT2D eigenvalue weighted by Crippen LogP contribution is -2.39. The van der Waals surface area contributed by atoms with E-state index in [0.29, 0.717) is 0 Å². The summed E-state index contributed by atoms with van der Waals surface area (Å²) in [6, 6.07) is 9.65. The molecule has 0 aliphatic rings. The minimum absolute atomic E-state index is 0.171. The smallest absolute Gasteiger partial charge is 0.210 e. The molecule has 0 bridgehead atoms. The van der Waals surface area contributed by atoms with Crippen LogP contribution in [0.1, 0.15) is 6.92 Å². The van der Waals surface area contributed by atoms with E-state index in [1.54, 1.807) is 0 Å². The average Bonchev–Trinajstić information content (AvgIpc) is 2.15. The number of para-hydroxylation sites is 1. The first-order chi connectivity index (χ1) is 6.43. The van der Waals surface area contributed by atoms with Crippen molar-refractivity contribution in [3.63, 3.8) is 0 Å². The van der Waals surface area contributed by atoms with Crippen molar-refractivity contribution in [3.05, 3.63) is 30.3 Å². The van der Waals surface area contributed by atoms with E-state index < -0.39 is 3.79 Å². The van der Waals surface area contributed by atoms with Crippen molar-refractivity contribution in [2.75, 3.05) is 11.9 Å². The van der Waals surface area contributed by atoms with Crippen molar-refractivity contribution in [1.82, 2.24) is 0 Å². The highest BCUT2D eigenvalue weighted by Gasteiger charge is 2.31. The molecule has 0 saturated carbocycles. The molecule has 0 saturated heterocycles. The van der Waals surface area contributed by atoms with E-state index in [1.807, 2.05) is 49.2 Å². The summed E-state index contributed by atoms with van der Waals surface area (Å²) in [5.41, 5.74) is 1.03. The second-order valence-corrected chi connectivity index (χ2v) is 5.53. The van der Waals surface area contributed by atoms with Gasteiger partial charge in [-0.3, -0.25) is 0 Å². The van der Waals surface area contributed by atoms with E-state index in [1.165, 1.54) is 0 Å². The summed E-state index contributed by atoms with van der Waals surface area (Å²) >= 11 is 17.5. The van der Waals surface area contributed by atoms with Gasteiger partial charge in [0.15, 0.2) is 0 Å². The van der Waals surface area contributed by atoms with Gasteiger partial charge >= 0.3 is 0 Å². The lowest BCUT2D eigenvalue weighted by molar-refractivity contribution is 0.702. The molecular formula is C10H12Cl3N. The van der Waals surface area contributed by atoms with E-state index in [0.717, 1.165) is 5.69 Å². The maximum atomic E-state index is 5.82. The van der Waals surface area contributed by atoms with Crippen LogP contribution in [0.4, 0.5) is 5.69 Å². The Morgan fingerprint density at radius 3 is 2.07 bits per heavy atom. The van der Waals surface area contributed by atoms with Crippen molar-refractivity contribution < 1.29 is 0 Å². The van der Waals surface area contributed by atoms with Gasteiger partial charge in [0.05, 0.1) is 6.04 Å². The van der Waals surface area contributed by atoms with Crippen LogP contribution < -0.4 is 4.90 Å². The minimum atomic E-state index is -1.27. The summed E-state index contributed by atoms with van der Waals surface area (Å²) in [4.78, 5) is 1.94. The third-order valence-electron chi connectivity index (χ3n) is 2.22. The minimum Gasteiger partial charge on any atom is -0.368 e. The number of hydrogen-bond donors (Lipinski definition) is 0. The quantitative estimate of drug-likeness (QED) is 0.722. The molecule has 0 radical (unpaired) electrons. The van der Waals surface area contributed by atoms with Crippen LogP contribution in [-0.4, -0.2) is 16.9 Å². The van der Waals surface area contributed by atoms with Gasteiger partial charge in [-0.2, -0.15) is 0 Å². The van der Waals surface area contributed by atoms with Gasteiger partial charge in [0.1, 0.15) is 0 Å². The SMILES string of the molecule is CC(N(C)c1ccccc1)C(Cl)(Cl)Cl.